The van der Waals surface area contributed by atoms with Crippen molar-refractivity contribution in [1.29, 1.82) is 0 Å². The number of rotatable bonds is 11. The largest absolute Gasteiger partial charge is 0.504 e. The summed E-state index contributed by atoms with van der Waals surface area (Å²) in [4.78, 5) is 49.9. The number of phenols is 1. The van der Waals surface area contributed by atoms with Crippen LogP contribution in [0.2, 0.25) is 0 Å². The van der Waals surface area contributed by atoms with Crippen LogP contribution in [0.5, 0.6) is 11.5 Å². The van der Waals surface area contributed by atoms with Crippen molar-refractivity contribution in [2.24, 2.45) is 11.1 Å². The standard InChI is InChI=1S/C30H26F2N2O6/c1-17-14-19(4-10-24(17)34-39)6-12-26(37)29(27(38)13-7-20-5-11-25(36)28(15-20)40-3)30(33-18(2)35)21-8-9-22(31)23(32)16-21/h4-16,29-30,36H,1-3H3,(H,33,35)/b12-6+,13-7+. The molecule has 0 spiro atoms. The Morgan fingerprint density at radius 2 is 1.55 bits per heavy atom. The smallest absolute Gasteiger partial charge is 0.217 e. The van der Waals surface area contributed by atoms with E-state index in [0.717, 1.165) is 24.3 Å². The van der Waals surface area contributed by atoms with Gasteiger partial charge in [-0.05, 0) is 82.9 Å². The maximum Gasteiger partial charge on any atom is 0.217 e. The maximum absolute atomic E-state index is 14.1. The van der Waals surface area contributed by atoms with Crippen LogP contribution in [0.3, 0.4) is 0 Å². The highest BCUT2D eigenvalue weighted by Crippen LogP contribution is 2.29. The van der Waals surface area contributed by atoms with E-state index in [9.17, 15) is 33.2 Å². The number of aryl methyl sites for hydroxylation is 1. The van der Waals surface area contributed by atoms with E-state index in [1.807, 2.05) is 0 Å². The van der Waals surface area contributed by atoms with Gasteiger partial charge in [-0.15, -0.1) is 4.91 Å². The topological polar surface area (TPSA) is 122 Å². The average molecular weight is 549 g/mol. The van der Waals surface area contributed by atoms with Crippen LogP contribution in [0, 0.1) is 29.4 Å². The molecule has 2 atom stereocenters. The summed E-state index contributed by atoms with van der Waals surface area (Å²) in [5.41, 5.74) is 1.82. The Morgan fingerprint density at radius 3 is 2.10 bits per heavy atom. The Labute approximate surface area is 229 Å². The minimum atomic E-state index is -1.56. The number of methoxy groups -OCH3 is 1. The van der Waals surface area contributed by atoms with Crippen LogP contribution in [0.15, 0.2) is 71.9 Å². The molecule has 0 radical (unpaired) electrons. The molecule has 206 valence electrons. The minimum Gasteiger partial charge on any atom is -0.504 e. The molecule has 1 amide bonds. The number of benzene rings is 3. The molecule has 3 aromatic carbocycles. The Kier molecular flexibility index (Phi) is 9.75. The normalized spacial score (nSPS) is 12.7. The van der Waals surface area contributed by atoms with Crippen LogP contribution in [0.4, 0.5) is 14.5 Å². The van der Waals surface area contributed by atoms with Gasteiger partial charge in [-0.25, -0.2) is 8.78 Å². The third-order valence-electron chi connectivity index (χ3n) is 6.01. The summed E-state index contributed by atoms with van der Waals surface area (Å²) in [5.74, 6) is -5.92. The first-order valence-corrected chi connectivity index (χ1v) is 12.0. The summed E-state index contributed by atoms with van der Waals surface area (Å²) in [5, 5.41) is 15.2. The number of nitroso groups, excluding NO2 is 1. The zero-order valence-corrected chi connectivity index (χ0v) is 21.9. The molecule has 0 bridgehead atoms. The van der Waals surface area contributed by atoms with Gasteiger partial charge in [0.05, 0.1) is 13.2 Å². The quantitative estimate of drug-likeness (QED) is 0.179. The van der Waals surface area contributed by atoms with E-state index in [1.54, 1.807) is 19.1 Å². The van der Waals surface area contributed by atoms with Crippen molar-refractivity contribution in [3.8, 4) is 11.5 Å². The molecule has 0 aliphatic carbocycles. The third-order valence-corrected chi connectivity index (χ3v) is 6.01. The molecular weight excluding hydrogens is 522 g/mol. The average Bonchev–Trinajstić information content (AvgIpc) is 2.92. The van der Waals surface area contributed by atoms with Gasteiger partial charge in [-0.1, -0.05) is 30.4 Å². The van der Waals surface area contributed by atoms with Gasteiger partial charge in [-0.3, -0.25) is 14.4 Å². The van der Waals surface area contributed by atoms with Gasteiger partial charge < -0.3 is 15.2 Å². The first-order chi connectivity index (χ1) is 19.0. The summed E-state index contributed by atoms with van der Waals surface area (Å²) in [6.45, 7) is 2.83. The van der Waals surface area contributed by atoms with Gasteiger partial charge in [0.1, 0.15) is 11.6 Å². The van der Waals surface area contributed by atoms with Gasteiger partial charge in [0.25, 0.3) is 0 Å². The number of ether oxygens (including phenoxy) is 1. The molecule has 0 aromatic heterocycles. The number of phenolic OH excluding ortho intramolecular Hbond substituents is 1. The van der Waals surface area contributed by atoms with E-state index < -0.39 is 41.1 Å². The van der Waals surface area contributed by atoms with Crippen LogP contribution < -0.4 is 10.1 Å². The van der Waals surface area contributed by atoms with Gasteiger partial charge in [0.2, 0.25) is 5.91 Å². The van der Waals surface area contributed by atoms with E-state index >= 15 is 0 Å². The Balaban J connectivity index is 2.05. The van der Waals surface area contributed by atoms with E-state index in [-0.39, 0.29) is 22.7 Å². The van der Waals surface area contributed by atoms with Gasteiger partial charge >= 0.3 is 0 Å². The number of halogens is 2. The molecular formula is C30H26F2N2O6. The molecule has 0 fully saturated rings. The Bertz CT molecular complexity index is 1520. The molecule has 8 nitrogen and oxygen atoms in total. The van der Waals surface area contributed by atoms with E-state index in [1.165, 1.54) is 56.5 Å². The third kappa shape index (κ3) is 7.31. The number of amides is 1. The molecule has 0 saturated heterocycles. The van der Waals surface area contributed by atoms with E-state index in [4.69, 9.17) is 4.74 Å². The molecule has 3 rings (SSSR count). The lowest BCUT2D eigenvalue weighted by atomic mass is 9.85. The molecule has 10 heteroatoms. The van der Waals surface area contributed by atoms with E-state index in [0.29, 0.717) is 16.7 Å². The highest BCUT2D eigenvalue weighted by molar-refractivity contribution is 6.14. The Hall–Kier alpha value is -4.99. The van der Waals surface area contributed by atoms with Gasteiger partial charge in [-0.2, -0.15) is 0 Å². The second-order valence-electron chi connectivity index (χ2n) is 8.87. The lowest BCUT2D eigenvalue weighted by molar-refractivity contribution is -0.129. The summed E-state index contributed by atoms with van der Waals surface area (Å²) in [6.07, 6.45) is 5.07. The van der Waals surface area contributed by atoms with Crippen molar-refractivity contribution in [1.82, 2.24) is 5.32 Å². The number of carbonyl (C=O) groups excluding carboxylic acids is 3. The highest BCUT2D eigenvalue weighted by Gasteiger charge is 2.34. The first-order valence-electron chi connectivity index (χ1n) is 12.0. The number of hydrogen-bond acceptors (Lipinski definition) is 7. The monoisotopic (exact) mass is 548 g/mol. The molecule has 2 N–H and O–H groups in total. The summed E-state index contributed by atoms with van der Waals surface area (Å²) in [6, 6.07) is 10.5. The Morgan fingerprint density at radius 1 is 0.925 bits per heavy atom. The molecule has 2 unspecified atom stereocenters. The minimum absolute atomic E-state index is 0.00570. The SMILES string of the molecule is COc1cc(/C=C/C(=O)C(C(=O)/C=C/c2ccc(N=O)c(C)c2)C(NC(C)=O)c2ccc(F)c(F)c2)ccc1O. The number of hydrogen-bond donors (Lipinski definition) is 2. The molecule has 0 aliphatic heterocycles. The van der Waals surface area contributed by atoms with Crippen molar-refractivity contribution >= 4 is 35.3 Å². The number of carbonyl (C=O) groups is 3. The molecule has 40 heavy (non-hydrogen) atoms. The number of allylic oxidation sites excluding steroid dienone is 2. The van der Waals surface area contributed by atoms with Crippen LogP contribution in [-0.4, -0.2) is 29.7 Å². The predicted molar refractivity (Wildman–Crippen MR) is 146 cm³/mol. The van der Waals surface area contributed by atoms with Crippen molar-refractivity contribution in [3.05, 3.63) is 106 Å². The summed E-state index contributed by atoms with van der Waals surface area (Å²) < 4.78 is 32.9. The zero-order valence-electron chi connectivity index (χ0n) is 21.9. The van der Waals surface area contributed by atoms with E-state index in [2.05, 4.69) is 10.5 Å². The number of aromatic hydroxyl groups is 1. The fourth-order valence-corrected chi connectivity index (χ4v) is 4.00. The number of nitrogens with zero attached hydrogens (tertiary/aromatic N) is 1. The summed E-state index contributed by atoms with van der Waals surface area (Å²) >= 11 is 0. The van der Waals surface area contributed by atoms with Crippen LogP contribution in [0.1, 0.15) is 35.2 Å². The zero-order chi connectivity index (χ0) is 29.4. The van der Waals surface area contributed by atoms with Crippen LogP contribution >= 0.6 is 0 Å². The first kappa shape index (κ1) is 29.6. The number of ketones is 2. The summed E-state index contributed by atoms with van der Waals surface area (Å²) in [7, 11) is 1.36. The molecule has 0 aliphatic rings. The molecule has 0 heterocycles. The second-order valence-corrected chi connectivity index (χ2v) is 8.87. The van der Waals surface area contributed by atoms with Crippen LogP contribution in [-0.2, 0) is 14.4 Å². The molecule has 0 saturated carbocycles. The predicted octanol–water partition coefficient (Wildman–Crippen LogP) is 5.74. The number of nitrogens with one attached hydrogen (secondary N) is 1. The van der Waals surface area contributed by atoms with Crippen molar-refractivity contribution in [2.75, 3.05) is 7.11 Å². The lowest BCUT2D eigenvalue weighted by Gasteiger charge is -2.25. The fourth-order valence-electron chi connectivity index (χ4n) is 4.00. The second kappa shape index (κ2) is 13.2. The highest BCUT2D eigenvalue weighted by atomic mass is 19.2. The van der Waals surface area contributed by atoms with Crippen molar-refractivity contribution < 1.29 is 33.0 Å². The lowest BCUT2D eigenvalue weighted by Crippen LogP contribution is -2.39. The van der Waals surface area contributed by atoms with Crippen molar-refractivity contribution in [3.63, 3.8) is 0 Å². The molecule has 3 aromatic rings. The van der Waals surface area contributed by atoms with Gasteiger partial charge in [0.15, 0.2) is 34.7 Å². The van der Waals surface area contributed by atoms with Crippen molar-refractivity contribution in [2.45, 2.75) is 19.9 Å². The van der Waals surface area contributed by atoms with Crippen LogP contribution in [0.25, 0.3) is 12.2 Å². The van der Waals surface area contributed by atoms with Gasteiger partial charge in [0, 0.05) is 6.92 Å². The fraction of sp³-hybridized carbons (Fsp3) is 0.167. The maximum atomic E-state index is 14.1.